The van der Waals surface area contributed by atoms with Crippen molar-refractivity contribution in [3.05, 3.63) is 53.2 Å². The first-order valence-corrected chi connectivity index (χ1v) is 9.46. The van der Waals surface area contributed by atoms with E-state index < -0.39 is 0 Å². The summed E-state index contributed by atoms with van der Waals surface area (Å²) in [7, 11) is 0. The number of hydrogen-bond acceptors (Lipinski definition) is 5. The van der Waals surface area contributed by atoms with Gasteiger partial charge in [0, 0.05) is 6.07 Å². The highest BCUT2D eigenvalue weighted by molar-refractivity contribution is 5.58. The molecule has 4 rings (SSSR count). The summed E-state index contributed by atoms with van der Waals surface area (Å²) in [6, 6.07) is 12.4. The zero-order chi connectivity index (χ0) is 18.8. The van der Waals surface area contributed by atoms with Crippen molar-refractivity contribution in [3.63, 3.8) is 0 Å². The predicted octanol–water partition coefficient (Wildman–Crippen LogP) is 3.98. The van der Waals surface area contributed by atoms with Gasteiger partial charge >= 0.3 is 0 Å². The fourth-order valence-electron chi connectivity index (χ4n) is 3.70. The van der Waals surface area contributed by atoms with E-state index in [1.165, 1.54) is 11.1 Å². The molecule has 0 unspecified atom stereocenters. The van der Waals surface area contributed by atoms with E-state index in [2.05, 4.69) is 35.5 Å². The summed E-state index contributed by atoms with van der Waals surface area (Å²) < 4.78 is 8.07. The quantitative estimate of drug-likeness (QED) is 0.759. The fraction of sp³-hybridized carbons (Fsp3) is 0.381. The monoisotopic (exact) mass is 363 g/mol. The van der Waals surface area contributed by atoms with Crippen molar-refractivity contribution in [3.8, 4) is 23.0 Å². The number of nitrogens with zero attached hydrogens (tertiary/aromatic N) is 4. The molecule has 27 heavy (non-hydrogen) atoms. The molecule has 0 aliphatic carbocycles. The third-order valence-corrected chi connectivity index (χ3v) is 4.90. The molecule has 1 aliphatic rings. The van der Waals surface area contributed by atoms with Gasteiger partial charge in [-0.2, -0.15) is 0 Å². The fourth-order valence-corrected chi connectivity index (χ4v) is 3.70. The van der Waals surface area contributed by atoms with E-state index in [1.807, 2.05) is 41.9 Å². The van der Waals surface area contributed by atoms with Crippen LogP contribution in [-0.4, -0.2) is 33.1 Å². The molecule has 3 aromatic rings. The van der Waals surface area contributed by atoms with Crippen LogP contribution >= 0.6 is 0 Å². The van der Waals surface area contributed by atoms with Crippen LogP contribution in [-0.2, 0) is 0 Å². The molecule has 1 N–H and O–H groups in total. The number of pyridine rings is 1. The molecule has 140 valence electrons. The van der Waals surface area contributed by atoms with Crippen molar-refractivity contribution in [2.75, 3.05) is 13.1 Å². The third kappa shape index (κ3) is 3.85. The Kier molecular flexibility index (Phi) is 4.90. The minimum absolute atomic E-state index is 0.355. The highest BCUT2D eigenvalue weighted by Gasteiger charge is 2.22. The van der Waals surface area contributed by atoms with E-state index in [9.17, 15) is 0 Å². The maximum Gasteiger partial charge on any atom is 0.219 e. The van der Waals surface area contributed by atoms with Crippen molar-refractivity contribution >= 4 is 0 Å². The Morgan fingerprint density at radius 2 is 1.78 bits per heavy atom. The molecule has 1 aliphatic heterocycles. The molecule has 2 aromatic heterocycles. The van der Waals surface area contributed by atoms with Crippen molar-refractivity contribution in [2.45, 2.75) is 39.7 Å². The molecule has 1 saturated heterocycles. The number of aromatic nitrogens is 4. The van der Waals surface area contributed by atoms with E-state index in [0.29, 0.717) is 11.9 Å². The molecule has 0 bridgehead atoms. The first-order chi connectivity index (χ1) is 13.1. The van der Waals surface area contributed by atoms with Gasteiger partial charge in [-0.15, -0.1) is 5.10 Å². The highest BCUT2D eigenvalue weighted by Crippen LogP contribution is 2.29. The number of ether oxygens (including phenoxy) is 1. The molecular formula is C21H25N5O. The number of piperidine rings is 1. The molecule has 1 fully saturated rings. The third-order valence-electron chi connectivity index (χ3n) is 4.90. The van der Waals surface area contributed by atoms with Gasteiger partial charge in [-0.1, -0.05) is 17.3 Å². The van der Waals surface area contributed by atoms with Gasteiger partial charge in [0.25, 0.3) is 0 Å². The molecule has 6 heteroatoms. The van der Waals surface area contributed by atoms with Gasteiger partial charge in [-0.05, 0) is 76.0 Å². The summed E-state index contributed by atoms with van der Waals surface area (Å²) in [6.45, 7) is 8.13. The van der Waals surface area contributed by atoms with Crippen molar-refractivity contribution in [1.29, 1.82) is 0 Å². The van der Waals surface area contributed by atoms with E-state index in [1.54, 1.807) is 0 Å². The van der Waals surface area contributed by atoms with Crippen LogP contribution in [0.1, 0.15) is 35.7 Å². The minimum Gasteiger partial charge on any atom is -0.439 e. The van der Waals surface area contributed by atoms with Gasteiger partial charge in [0.2, 0.25) is 5.88 Å². The number of nitrogens with one attached hydrogen (secondary N) is 1. The van der Waals surface area contributed by atoms with Crippen LogP contribution in [0.15, 0.2) is 36.4 Å². The van der Waals surface area contributed by atoms with Gasteiger partial charge in [-0.25, -0.2) is 9.67 Å². The topological polar surface area (TPSA) is 64.9 Å². The Labute approximate surface area is 159 Å². The second-order valence-corrected chi connectivity index (χ2v) is 7.24. The smallest absolute Gasteiger partial charge is 0.219 e. The van der Waals surface area contributed by atoms with Crippen molar-refractivity contribution < 1.29 is 4.74 Å². The largest absolute Gasteiger partial charge is 0.439 e. The molecule has 0 atom stereocenters. The lowest BCUT2D eigenvalue weighted by molar-refractivity contribution is 0.340. The Morgan fingerprint density at radius 3 is 2.52 bits per heavy atom. The molecular weight excluding hydrogens is 338 g/mol. The Hall–Kier alpha value is -2.73. The van der Waals surface area contributed by atoms with E-state index in [-0.39, 0.29) is 0 Å². The average molecular weight is 363 g/mol. The van der Waals surface area contributed by atoms with Gasteiger partial charge in [0.15, 0.2) is 0 Å². The summed E-state index contributed by atoms with van der Waals surface area (Å²) in [5.74, 6) is 1.38. The van der Waals surface area contributed by atoms with Crippen molar-refractivity contribution in [1.82, 2.24) is 25.3 Å². The second-order valence-electron chi connectivity index (χ2n) is 7.24. The standard InChI is InChI=1S/C21H25N5O/c1-14-11-15(2)13-18(12-14)27-20-6-4-5-19(23-20)21-16(3)24-25-26(21)17-7-9-22-10-8-17/h4-6,11-13,17,22H,7-10H2,1-3H3. The second kappa shape index (κ2) is 7.48. The van der Waals surface area contributed by atoms with Gasteiger partial charge in [0.1, 0.15) is 11.4 Å². The van der Waals surface area contributed by atoms with Crippen LogP contribution in [0, 0.1) is 20.8 Å². The first kappa shape index (κ1) is 17.7. The molecule has 0 spiro atoms. The van der Waals surface area contributed by atoms with Gasteiger partial charge in [0.05, 0.1) is 17.4 Å². The Bertz CT molecular complexity index is 923. The summed E-state index contributed by atoms with van der Waals surface area (Å²) >= 11 is 0. The number of rotatable bonds is 4. The van der Waals surface area contributed by atoms with Crippen LogP contribution in [0.4, 0.5) is 0 Å². The maximum absolute atomic E-state index is 6.03. The van der Waals surface area contributed by atoms with E-state index in [0.717, 1.165) is 48.8 Å². The van der Waals surface area contributed by atoms with Crippen LogP contribution in [0.25, 0.3) is 11.4 Å². The minimum atomic E-state index is 0.355. The molecule has 6 nitrogen and oxygen atoms in total. The zero-order valence-electron chi connectivity index (χ0n) is 16.1. The SMILES string of the molecule is Cc1cc(C)cc(Oc2cccc(-c3c(C)nnn3C3CCNCC3)n2)c1. The lowest BCUT2D eigenvalue weighted by Gasteiger charge is -2.24. The number of benzene rings is 1. The van der Waals surface area contributed by atoms with Gasteiger partial charge in [-0.3, -0.25) is 0 Å². The summed E-state index contributed by atoms with van der Waals surface area (Å²) in [5.41, 5.74) is 5.06. The summed E-state index contributed by atoms with van der Waals surface area (Å²) in [6.07, 6.45) is 2.10. The summed E-state index contributed by atoms with van der Waals surface area (Å²) in [4.78, 5) is 4.75. The molecule has 0 saturated carbocycles. The van der Waals surface area contributed by atoms with Gasteiger partial charge < -0.3 is 10.1 Å². The summed E-state index contributed by atoms with van der Waals surface area (Å²) in [5, 5.41) is 12.1. The predicted molar refractivity (Wildman–Crippen MR) is 105 cm³/mol. The van der Waals surface area contributed by atoms with Crippen molar-refractivity contribution in [2.24, 2.45) is 0 Å². The first-order valence-electron chi connectivity index (χ1n) is 9.46. The van der Waals surface area contributed by atoms with E-state index in [4.69, 9.17) is 9.72 Å². The lowest BCUT2D eigenvalue weighted by Crippen LogP contribution is -2.30. The van der Waals surface area contributed by atoms with Crippen LogP contribution in [0.5, 0.6) is 11.6 Å². The molecule has 3 heterocycles. The lowest BCUT2D eigenvalue weighted by atomic mass is 10.1. The van der Waals surface area contributed by atoms with Crippen LogP contribution in [0.3, 0.4) is 0 Å². The molecule has 1 aromatic carbocycles. The Morgan fingerprint density at radius 1 is 1.04 bits per heavy atom. The maximum atomic E-state index is 6.03. The highest BCUT2D eigenvalue weighted by atomic mass is 16.5. The van der Waals surface area contributed by atoms with Crippen LogP contribution < -0.4 is 10.1 Å². The molecule has 0 amide bonds. The zero-order valence-corrected chi connectivity index (χ0v) is 16.1. The number of aryl methyl sites for hydroxylation is 3. The normalized spacial score (nSPS) is 15.1. The average Bonchev–Trinajstić information content (AvgIpc) is 3.03. The van der Waals surface area contributed by atoms with Crippen LogP contribution in [0.2, 0.25) is 0 Å². The number of hydrogen-bond donors (Lipinski definition) is 1. The Balaban J connectivity index is 1.66. The molecule has 0 radical (unpaired) electrons. The van der Waals surface area contributed by atoms with E-state index >= 15 is 0 Å².